The Morgan fingerprint density at radius 2 is 0.960 bits per heavy atom. The molecule has 0 saturated carbocycles. The summed E-state index contributed by atoms with van der Waals surface area (Å²) in [6.45, 7) is 0.434. The van der Waals surface area contributed by atoms with Crippen LogP contribution in [0.4, 0.5) is 0 Å². The van der Waals surface area contributed by atoms with Crippen molar-refractivity contribution in [2.75, 3.05) is 13.1 Å². The summed E-state index contributed by atoms with van der Waals surface area (Å²) in [6, 6.07) is 16.8. The highest BCUT2D eigenvalue weighted by Gasteiger charge is 2.20. The van der Waals surface area contributed by atoms with Crippen molar-refractivity contribution in [2.24, 2.45) is 10.3 Å². The molecular weight excluding hydrogens is 912 g/mol. The largest absolute Gasteiger partial charge is 0.503 e. The normalized spacial score (nSPS) is 16.2. The Labute approximate surface area is 319 Å². The third-order valence-corrected chi connectivity index (χ3v) is 9.96. The lowest BCUT2D eigenvalue weighted by atomic mass is 10.1. The van der Waals surface area contributed by atoms with Crippen LogP contribution in [0.5, 0.6) is 34.5 Å². The molecule has 0 unspecified atom stereocenters. The monoisotopic (exact) mass is 936 g/mol. The summed E-state index contributed by atoms with van der Waals surface area (Å²) >= 11 is 13.6. The van der Waals surface area contributed by atoms with Crippen molar-refractivity contribution in [3.8, 4) is 34.5 Å². The molecule has 260 valence electrons. The van der Waals surface area contributed by atoms with Crippen molar-refractivity contribution in [2.45, 2.75) is 25.7 Å². The summed E-state index contributed by atoms with van der Waals surface area (Å²) in [5, 5.41) is 52.7. The average Bonchev–Trinajstić information content (AvgIpc) is 3.08. The van der Waals surface area contributed by atoms with E-state index in [1.807, 2.05) is 12.1 Å². The number of carbonyl (C=O) groups excluding carboxylic acids is 2. The quantitative estimate of drug-likeness (QED) is 0.0774. The van der Waals surface area contributed by atoms with E-state index in [0.717, 1.165) is 11.1 Å². The number of phenols is 2. The van der Waals surface area contributed by atoms with Crippen molar-refractivity contribution in [3.63, 3.8) is 0 Å². The van der Waals surface area contributed by atoms with E-state index in [4.69, 9.17) is 9.47 Å². The van der Waals surface area contributed by atoms with Gasteiger partial charge in [-0.1, -0.05) is 22.4 Å². The number of halogens is 4. The van der Waals surface area contributed by atoms with E-state index in [2.05, 4.69) is 84.7 Å². The van der Waals surface area contributed by atoms with E-state index in [1.165, 1.54) is 6.07 Å². The van der Waals surface area contributed by atoms with E-state index >= 15 is 0 Å². The Hall–Kier alpha value is -4.12. The molecule has 0 atom stereocenters. The molecule has 4 aromatic rings. The van der Waals surface area contributed by atoms with Gasteiger partial charge in [0.2, 0.25) is 0 Å². The Morgan fingerprint density at radius 3 is 1.48 bits per heavy atom. The lowest BCUT2D eigenvalue weighted by molar-refractivity contribution is -0.115. The molecule has 16 heteroatoms. The molecule has 3 heterocycles. The fraction of sp³-hybridized carbons (Fsp3) is 0.176. The van der Waals surface area contributed by atoms with Crippen molar-refractivity contribution in [3.05, 3.63) is 101 Å². The van der Waals surface area contributed by atoms with Crippen LogP contribution in [0.1, 0.15) is 22.3 Å². The number of nitrogens with zero attached hydrogens (tertiary/aromatic N) is 2. The second kappa shape index (κ2) is 16.7. The minimum absolute atomic E-state index is 0.0145. The van der Waals surface area contributed by atoms with Gasteiger partial charge in [0.05, 0.1) is 17.9 Å². The van der Waals surface area contributed by atoms with Crippen molar-refractivity contribution < 1.29 is 39.7 Å². The van der Waals surface area contributed by atoms with Crippen molar-refractivity contribution >= 4 is 87.0 Å². The van der Waals surface area contributed by atoms with Crippen LogP contribution < -0.4 is 20.1 Å². The molecule has 7 rings (SSSR count). The third-order valence-electron chi connectivity index (χ3n) is 7.52. The zero-order chi connectivity index (χ0) is 35.9. The van der Waals surface area contributed by atoms with Crippen LogP contribution in [0, 0.1) is 0 Å². The first-order chi connectivity index (χ1) is 23.9. The molecule has 4 aromatic carbocycles. The first-order valence-corrected chi connectivity index (χ1v) is 18.1. The van der Waals surface area contributed by atoms with Crippen LogP contribution in [0.15, 0.2) is 88.9 Å². The van der Waals surface area contributed by atoms with Gasteiger partial charge in [0, 0.05) is 25.9 Å². The zero-order valence-electron chi connectivity index (χ0n) is 25.8. The highest BCUT2D eigenvalue weighted by atomic mass is 79.9. The summed E-state index contributed by atoms with van der Waals surface area (Å²) in [6.07, 6.45) is 0.733. The molecule has 3 aliphatic rings. The molecule has 8 bridgehead atoms. The predicted octanol–water partition coefficient (Wildman–Crippen LogP) is 7.51. The molecule has 0 fully saturated rings. The van der Waals surface area contributed by atoms with E-state index in [9.17, 15) is 30.2 Å². The molecule has 2 amide bonds. The lowest BCUT2D eigenvalue weighted by Gasteiger charge is -2.15. The van der Waals surface area contributed by atoms with Crippen molar-refractivity contribution in [1.29, 1.82) is 0 Å². The van der Waals surface area contributed by atoms with Crippen LogP contribution in [0.2, 0.25) is 0 Å². The van der Waals surface area contributed by atoms with Gasteiger partial charge in [0.25, 0.3) is 11.8 Å². The van der Waals surface area contributed by atoms with Gasteiger partial charge in [0.1, 0.15) is 22.9 Å². The molecule has 6 N–H and O–H groups in total. The van der Waals surface area contributed by atoms with Gasteiger partial charge in [-0.15, -0.1) is 0 Å². The zero-order valence-corrected chi connectivity index (χ0v) is 32.2. The average molecular weight is 940 g/mol. The Morgan fingerprint density at radius 1 is 0.540 bits per heavy atom. The number of benzene rings is 4. The molecule has 50 heavy (non-hydrogen) atoms. The number of hydrogen-bond acceptors (Lipinski definition) is 10. The molecule has 3 aliphatic heterocycles. The maximum atomic E-state index is 13.0. The smallest absolute Gasteiger partial charge is 0.269 e. The molecule has 0 radical (unpaired) electrons. The van der Waals surface area contributed by atoms with E-state index in [-0.39, 0.29) is 64.8 Å². The van der Waals surface area contributed by atoms with E-state index in [1.54, 1.807) is 42.5 Å². The standard InChI is InChI=1S/C34H28Br4N4O8/c35-21-9-17-1-3-27(21)49-29-15-19(11-23(37)31(29)43)6-8-40-34(46)26(42-48)14-20-12-24(38)32(44)30(16-20)50-28-4-2-18(10-22(28)36)13-25(41-47)33(45)39-7-5-17/h1-4,9-12,15-16,43-44,47-48H,5-8,13-14H2,(H,39,45)(H,40,46)/b41-25+,42-26?. The Kier molecular flexibility index (Phi) is 12.4. The van der Waals surface area contributed by atoms with Gasteiger partial charge >= 0.3 is 0 Å². The first-order valence-electron chi connectivity index (χ1n) is 14.9. The number of amides is 2. The van der Waals surface area contributed by atoms with Crippen LogP contribution in [-0.4, -0.2) is 57.0 Å². The van der Waals surface area contributed by atoms with Gasteiger partial charge in [0.15, 0.2) is 23.0 Å². The topological polar surface area (TPSA) is 182 Å². The Balaban J connectivity index is 1.45. The summed E-state index contributed by atoms with van der Waals surface area (Å²) in [5.74, 6) is -0.458. The maximum Gasteiger partial charge on any atom is 0.269 e. The second-order valence-corrected chi connectivity index (χ2v) is 14.5. The summed E-state index contributed by atoms with van der Waals surface area (Å²) in [5.41, 5.74) is 2.46. The highest BCUT2D eigenvalue weighted by Crippen LogP contribution is 2.42. The summed E-state index contributed by atoms with van der Waals surface area (Å²) in [7, 11) is 0. The molecular formula is C34H28Br4N4O8. The molecule has 0 spiro atoms. The second-order valence-electron chi connectivity index (χ2n) is 11.0. The number of carbonyl (C=O) groups is 2. The van der Waals surface area contributed by atoms with E-state index < -0.39 is 11.8 Å². The number of phenolic OH excluding ortho intramolecular Hbond substituents is 2. The number of hydrogen-bond donors (Lipinski definition) is 6. The van der Waals surface area contributed by atoms with Gasteiger partial charge in [-0.25, -0.2) is 0 Å². The first kappa shape index (κ1) is 37.1. The van der Waals surface area contributed by atoms with Gasteiger partial charge in [-0.3, -0.25) is 9.59 Å². The number of oxime groups is 2. The molecule has 0 aliphatic carbocycles. The Bertz CT molecular complexity index is 2020. The van der Waals surface area contributed by atoms with Gasteiger partial charge < -0.3 is 40.7 Å². The van der Waals surface area contributed by atoms with Crippen molar-refractivity contribution in [1.82, 2.24) is 10.6 Å². The summed E-state index contributed by atoms with van der Waals surface area (Å²) in [4.78, 5) is 25.9. The van der Waals surface area contributed by atoms with Crippen LogP contribution in [-0.2, 0) is 35.3 Å². The predicted molar refractivity (Wildman–Crippen MR) is 199 cm³/mol. The minimum Gasteiger partial charge on any atom is -0.503 e. The molecule has 0 aromatic heterocycles. The summed E-state index contributed by atoms with van der Waals surface area (Å²) < 4.78 is 13.8. The highest BCUT2D eigenvalue weighted by molar-refractivity contribution is 9.11. The SMILES string of the molecule is O=C1NCCc2cc(Br)c(O)c(c2)Oc2ccc(cc2Br)CCNC(=O)/C(=N/O)Cc2ccc(c(Br)c2)Oc2cc(cc(Br)c2O)CC1=NO. The fourth-order valence-electron chi connectivity index (χ4n) is 4.97. The number of aromatic hydroxyl groups is 2. The molecule has 0 saturated heterocycles. The number of rotatable bonds is 0. The number of ether oxygens (including phenoxy) is 2. The molecule has 12 nitrogen and oxygen atoms in total. The third kappa shape index (κ3) is 9.15. The fourth-order valence-corrected chi connectivity index (χ4v) is 6.96. The lowest BCUT2D eigenvalue weighted by Crippen LogP contribution is -2.33. The van der Waals surface area contributed by atoms with Gasteiger partial charge in [-0.05, 0) is 147 Å². The maximum absolute atomic E-state index is 13.0. The van der Waals surface area contributed by atoms with Gasteiger partial charge in [-0.2, -0.15) is 0 Å². The number of nitrogens with one attached hydrogen (secondary N) is 2. The minimum atomic E-state index is -0.608. The van der Waals surface area contributed by atoms with Crippen LogP contribution >= 0.6 is 63.7 Å². The number of fused-ring (bicyclic) bond motifs is 2. The van der Waals surface area contributed by atoms with E-state index in [0.29, 0.717) is 48.9 Å². The van der Waals surface area contributed by atoms with Crippen LogP contribution in [0.3, 0.4) is 0 Å². The van der Waals surface area contributed by atoms with Crippen LogP contribution in [0.25, 0.3) is 0 Å².